The molecule has 0 unspecified atom stereocenters. The maximum atomic E-state index is 6.16. The molecular weight excluding hydrogens is 300 g/mol. The summed E-state index contributed by atoms with van der Waals surface area (Å²) >= 11 is 3.76. The number of aromatic nitrogens is 2. The largest absolute Gasteiger partial charge is 0.383 e. The number of anilines is 1. The molecule has 2 aromatic heterocycles. The van der Waals surface area contributed by atoms with E-state index in [1.807, 2.05) is 11.8 Å². The average molecular weight is 323 g/mol. The van der Waals surface area contributed by atoms with Crippen LogP contribution in [0.25, 0.3) is 10.2 Å². The van der Waals surface area contributed by atoms with E-state index in [0.717, 1.165) is 35.7 Å². The summed E-state index contributed by atoms with van der Waals surface area (Å²) in [6, 6.07) is 0. The number of nitrogens with zero attached hydrogens (tertiary/aromatic N) is 3. The van der Waals surface area contributed by atoms with Crippen molar-refractivity contribution in [3.8, 4) is 0 Å². The van der Waals surface area contributed by atoms with Crippen molar-refractivity contribution in [2.75, 3.05) is 24.6 Å². The minimum Gasteiger partial charge on any atom is -0.383 e. The monoisotopic (exact) mass is 322 g/mol. The number of thiophene rings is 1. The lowest BCUT2D eigenvalue weighted by Crippen LogP contribution is -2.42. The van der Waals surface area contributed by atoms with Gasteiger partial charge in [-0.25, -0.2) is 9.97 Å². The first kappa shape index (κ1) is 15.1. The Labute approximate surface area is 134 Å². The van der Waals surface area contributed by atoms with Crippen LogP contribution in [0.3, 0.4) is 0 Å². The van der Waals surface area contributed by atoms with Gasteiger partial charge in [-0.3, -0.25) is 4.90 Å². The lowest BCUT2D eigenvalue weighted by molar-refractivity contribution is 0.247. The lowest BCUT2D eigenvalue weighted by Gasteiger charge is -2.37. The van der Waals surface area contributed by atoms with Crippen molar-refractivity contribution >= 4 is 39.1 Å². The van der Waals surface area contributed by atoms with Gasteiger partial charge in [-0.15, -0.1) is 11.3 Å². The molecule has 0 spiro atoms. The van der Waals surface area contributed by atoms with Crippen molar-refractivity contribution in [1.29, 1.82) is 0 Å². The summed E-state index contributed by atoms with van der Waals surface area (Å²) in [7, 11) is 0. The number of rotatable bonds is 2. The van der Waals surface area contributed by atoms with Crippen LogP contribution in [-0.4, -0.2) is 38.5 Å². The SMILES string of the molecule is Cc1sc2nc(CN3CCSC(C)(C)C3)nc(N)c2c1C. The van der Waals surface area contributed by atoms with Gasteiger partial charge in [-0.05, 0) is 33.3 Å². The van der Waals surface area contributed by atoms with Crippen molar-refractivity contribution in [3.05, 3.63) is 16.3 Å². The van der Waals surface area contributed by atoms with Gasteiger partial charge in [0.25, 0.3) is 0 Å². The summed E-state index contributed by atoms with van der Waals surface area (Å²) in [5.74, 6) is 2.65. The minimum atomic E-state index is 0.310. The average Bonchev–Trinajstić information content (AvgIpc) is 2.63. The number of nitrogen functional groups attached to an aromatic ring is 1. The summed E-state index contributed by atoms with van der Waals surface area (Å²) in [6.07, 6.45) is 0. The second-order valence-electron chi connectivity index (χ2n) is 6.31. The zero-order chi connectivity index (χ0) is 15.2. The number of hydrogen-bond donors (Lipinski definition) is 1. The highest BCUT2D eigenvalue weighted by Crippen LogP contribution is 2.33. The van der Waals surface area contributed by atoms with E-state index < -0.39 is 0 Å². The number of nitrogens with two attached hydrogens (primary N) is 1. The first-order valence-corrected chi connectivity index (χ1v) is 9.04. The van der Waals surface area contributed by atoms with Gasteiger partial charge in [-0.2, -0.15) is 11.8 Å². The lowest BCUT2D eigenvalue weighted by atomic mass is 10.2. The van der Waals surface area contributed by atoms with Crippen molar-refractivity contribution in [1.82, 2.24) is 14.9 Å². The molecule has 0 aliphatic carbocycles. The highest BCUT2D eigenvalue weighted by Gasteiger charge is 2.27. The second-order valence-corrected chi connectivity index (χ2v) is 9.31. The molecule has 2 aromatic rings. The van der Waals surface area contributed by atoms with Crippen LogP contribution < -0.4 is 5.73 Å². The van der Waals surface area contributed by atoms with Crippen LogP contribution in [-0.2, 0) is 6.54 Å². The summed E-state index contributed by atoms with van der Waals surface area (Å²) in [6.45, 7) is 11.8. The zero-order valence-electron chi connectivity index (χ0n) is 13.1. The van der Waals surface area contributed by atoms with Crippen molar-refractivity contribution in [2.45, 2.75) is 39.0 Å². The molecule has 4 nitrogen and oxygen atoms in total. The molecule has 2 N–H and O–H groups in total. The Morgan fingerprint density at radius 2 is 2.05 bits per heavy atom. The predicted octanol–water partition coefficient (Wildman–Crippen LogP) is 3.22. The highest BCUT2D eigenvalue weighted by atomic mass is 32.2. The van der Waals surface area contributed by atoms with Gasteiger partial charge in [0.2, 0.25) is 0 Å². The fraction of sp³-hybridized carbons (Fsp3) is 0.600. The van der Waals surface area contributed by atoms with Gasteiger partial charge < -0.3 is 5.73 Å². The molecule has 1 fully saturated rings. The van der Waals surface area contributed by atoms with E-state index in [0.29, 0.717) is 10.6 Å². The fourth-order valence-electron chi connectivity index (χ4n) is 2.85. The summed E-state index contributed by atoms with van der Waals surface area (Å²) in [4.78, 5) is 14.0. The Balaban J connectivity index is 1.88. The normalized spacial score (nSPS) is 19.2. The topological polar surface area (TPSA) is 55.0 Å². The Bertz CT molecular complexity index is 678. The van der Waals surface area contributed by atoms with Crippen LogP contribution in [0, 0.1) is 13.8 Å². The molecule has 6 heteroatoms. The third-order valence-electron chi connectivity index (χ3n) is 3.97. The first-order valence-electron chi connectivity index (χ1n) is 7.24. The minimum absolute atomic E-state index is 0.310. The van der Waals surface area contributed by atoms with E-state index in [4.69, 9.17) is 10.7 Å². The molecule has 1 aliphatic heterocycles. The van der Waals surface area contributed by atoms with E-state index in [9.17, 15) is 0 Å². The third-order valence-corrected chi connectivity index (χ3v) is 6.37. The van der Waals surface area contributed by atoms with Gasteiger partial charge >= 0.3 is 0 Å². The zero-order valence-corrected chi connectivity index (χ0v) is 14.7. The molecule has 114 valence electrons. The van der Waals surface area contributed by atoms with Gasteiger partial charge in [0.15, 0.2) is 0 Å². The Hall–Kier alpha value is -0.850. The molecule has 0 bridgehead atoms. The Morgan fingerprint density at radius 3 is 2.76 bits per heavy atom. The van der Waals surface area contributed by atoms with E-state index in [-0.39, 0.29) is 0 Å². The van der Waals surface area contributed by atoms with Crippen LogP contribution in [0.2, 0.25) is 0 Å². The number of aryl methyl sites for hydroxylation is 2. The van der Waals surface area contributed by atoms with Gasteiger partial charge in [0.1, 0.15) is 16.5 Å². The van der Waals surface area contributed by atoms with E-state index in [1.165, 1.54) is 16.2 Å². The molecule has 0 amide bonds. The Morgan fingerprint density at radius 1 is 1.29 bits per heavy atom. The van der Waals surface area contributed by atoms with Gasteiger partial charge in [-0.1, -0.05) is 0 Å². The van der Waals surface area contributed by atoms with E-state index in [1.54, 1.807) is 11.3 Å². The standard InChI is InChI=1S/C15H22N4S2/c1-9-10(2)21-14-12(9)13(16)17-11(18-14)7-19-5-6-20-15(3,4)8-19/h5-8H2,1-4H3,(H2,16,17,18). The smallest absolute Gasteiger partial charge is 0.146 e. The molecule has 1 aliphatic rings. The molecule has 3 heterocycles. The molecule has 0 atom stereocenters. The molecular formula is C15H22N4S2. The summed E-state index contributed by atoms with van der Waals surface area (Å²) in [5, 5.41) is 1.04. The van der Waals surface area contributed by atoms with Crippen LogP contribution in [0.4, 0.5) is 5.82 Å². The predicted molar refractivity (Wildman–Crippen MR) is 93.1 cm³/mol. The second kappa shape index (κ2) is 5.41. The van der Waals surface area contributed by atoms with Crippen LogP contribution in [0.15, 0.2) is 0 Å². The molecule has 1 saturated heterocycles. The maximum Gasteiger partial charge on any atom is 0.146 e. The first-order chi connectivity index (χ1) is 9.85. The quantitative estimate of drug-likeness (QED) is 0.920. The number of thioether (sulfide) groups is 1. The molecule has 0 aromatic carbocycles. The van der Waals surface area contributed by atoms with E-state index >= 15 is 0 Å². The van der Waals surface area contributed by atoms with E-state index in [2.05, 4.69) is 37.6 Å². The number of fused-ring (bicyclic) bond motifs is 1. The molecule has 0 saturated carbocycles. The molecule has 21 heavy (non-hydrogen) atoms. The van der Waals surface area contributed by atoms with Crippen molar-refractivity contribution in [2.24, 2.45) is 0 Å². The third kappa shape index (κ3) is 3.03. The van der Waals surface area contributed by atoms with Crippen LogP contribution >= 0.6 is 23.1 Å². The van der Waals surface area contributed by atoms with Gasteiger partial charge in [0.05, 0.1) is 11.9 Å². The molecule has 3 rings (SSSR count). The van der Waals surface area contributed by atoms with Gasteiger partial charge in [0, 0.05) is 28.5 Å². The molecule has 0 radical (unpaired) electrons. The summed E-state index contributed by atoms with van der Waals surface area (Å²) < 4.78 is 0.310. The van der Waals surface area contributed by atoms with Crippen LogP contribution in [0.5, 0.6) is 0 Å². The Kier molecular flexibility index (Phi) is 3.88. The number of hydrogen-bond acceptors (Lipinski definition) is 6. The van der Waals surface area contributed by atoms with Crippen LogP contribution in [0.1, 0.15) is 30.1 Å². The fourth-order valence-corrected chi connectivity index (χ4v) is 5.08. The maximum absolute atomic E-state index is 6.16. The van der Waals surface area contributed by atoms with Crippen molar-refractivity contribution in [3.63, 3.8) is 0 Å². The van der Waals surface area contributed by atoms with Crippen molar-refractivity contribution < 1.29 is 0 Å². The summed E-state index contributed by atoms with van der Waals surface area (Å²) in [5.41, 5.74) is 7.38. The highest BCUT2D eigenvalue weighted by molar-refractivity contribution is 8.00.